The maximum atomic E-state index is 13.0. The molecule has 1 unspecified atom stereocenters. The van der Waals surface area contributed by atoms with Crippen LogP contribution in [0.15, 0.2) is 47.6 Å². The number of aromatic nitrogens is 2. The molecule has 1 atom stereocenters. The molecule has 1 saturated heterocycles. The highest BCUT2D eigenvalue weighted by atomic mass is 32.2. The Balaban J connectivity index is 1.77. The molecule has 7 nitrogen and oxygen atoms in total. The van der Waals surface area contributed by atoms with Crippen LogP contribution >= 0.6 is 0 Å². The van der Waals surface area contributed by atoms with Gasteiger partial charge in [0.2, 0.25) is 16.0 Å². The van der Waals surface area contributed by atoms with Gasteiger partial charge in [-0.1, -0.05) is 6.42 Å². The lowest BCUT2D eigenvalue weighted by molar-refractivity contribution is 0.409. The number of nitrogens with zero attached hydrogens (tertiary/aromatic N) is 3. The van der Waals surface area contributed by atoms with E-state index in [-0.39, 0.29) is 10.9 Å². The lowest BCUT2D eigenvalue weighted by atomic mass is 10.1. The molecule has 1 fully saturated rings. The van der Waals surface area contributed by atoms with Gasteiger partial charge in [0.05, 0.1) is 12.0 Å². The molecule has 0 spiro atoms. The minimum atomic E-state index is -3.54. The summed E-state index contributed by atoms with van der Waals surface area (Å²) in [4.78, 5) is 8.61. The third kappa shape index (κ3) is 4.26. The average Bonchev–Trinajstić information content (AvgIpc) is 2.89. The van der Waals surface area contributed by atoms with Crippen LogP contribution in [0.4, 0.5) is 5.95 Å². The van der Waals surface area contributed by atoms with Crippen molar-refractivity contribution in [3.05, 3.63) is 42.7 Å². The SMILES string of the molecule is COc1ccc(S(=O)(=O)N2CCCCC(Nc3ncccn3)C2)cc1. The van der Waals surface area contributed by atoms with E-state index < -0.39 is 10.0 Å². The summed E-state index contributed by atoms with van der Waals surface area (Å²) in [7, 11) is -1.98. The summed E-state index contributed by atoms with van der Waals surface area (Å²) in [5.41, 5.74) is 0. The lowest BCUT2D eigenvalue weighted by Crippen LogP contribution is -2.39. The van der Waals surface area contributed by atoms with E-state index in [2.05, 4.69) is 15.3 Å². The van der Waals surface area contributed by atoms with Gasteiger partial charge in [0, 0.05) is 31.5 Å². The first-order valence-corrected chi connectivity index (χ1v) is 9.71. The quantitative estimate of drug-likeness (QED) is 0.877. The highest BCUT2D eigenvalue weighted by Gasteiger charge is 2.29. The van der Waals surface area contributed by atoms with Gasteiger partial charge in [0.1, 0.15) is 5.75 Å². The van der Waals surface area contributed by atoms with E-state index in [9.17, 15) is 8.42 Å². The van der Waals surface area contributed by atoms with Crippen molar-refractivity contribution in [1.82, 2.24) is 14.3 Å². The fraction of sp³-hybridized carbons (Fsp3) is 0.412. The van der Waals surface area contributed by atoms with Crippen molar-refractivity contribution in [3.63, 3.8) is 0 Å². The van der Waals surface area contributed by atoms with Crippen LogP contribution in [0.1, 0.15) is 19.3 Å². The Morgan fingerprint density at radius 3 is 2.56 bits per heavy atom. The van der Waals surface area contributed by atoms with Crippen molar-refractivity contribution in [2.45, 2.75) is 30.2 Å². The summed E-state index contributed by atoms with van der Waals surface area (Å²) < 4.78 is 32.6. The third-order valence-electron chi connectivity index (χ3n) is 4.23. The molecular formula is C17H22N4O3S. The van der Waals surface area contributed by atoms with Crippen LogP contribution in [0.5, 0.6) is 5.75 Å². The summed E-state index contributed by atoms with van der Waals surface area (Å²) >= 11 is 0. The fourth-order valence-electron chi connectivity index (χ4n) is 2.90. The largest absolute Gasteiger partial charge is 0.497 e. The number of anilines is 1. The zero-order chi connectivity index (χ0) is 17.7. The average molecular weight is 362 g/mol. The number of nitrogens with one attached hydrogen (secondary N) is 1. The standard InChI is InChI=1S/C17H22N4O3S/c1-24-15-6-8-16(9-7-15)25(22,23)21-12-3-2-5-14(13-21)20-17-18-10-4-11-19-17/h4,6-11,14H,2-3,5,12-13H2,1H3,(H,18,19,20). The van der Waals surface area contributed by atoms with Gasteiger partial charge in [-0.25, -0.2) is 18.4 Å². The first kappa shape index (κ1) is 17.6. The van der Waals surface area contributed by atoms with Crippen LogP contribution < -0.4 is 10.1 Å². The van der Waals surface area contributed by atoms with Gasteiger partial charge in [-0.3, -0.25) is 0 Å². The number of methoxy groups -OCH3 is 1. The molecule has 0 aliphatic carbocycles. The van der Waals surface area contributed by atoms with Crippen molar-refractivity contribution < 1.29 is 13.2 Å². The Morgan fingerprint density at radius 2 is 1.88 bits per heavy atom. The van der Waals surface area contributed by atoms with Gasteiger partial charge < -0.3 is 10.1 Å². The van der Waals surface area contributed by atoms with Gasteiger partial charge in [-0.05, 0) is 43.2 Å². The number of benzene rings is 1. The van der Waals surface area contributed by atoms with Crippen molar-refractivity contribution in [1.29, 1.82) is 0 Å². The first-order chi connectivity index (χ1) is 12.1. The lowest BCUT2D eigenvalue weighted by Gasteiger charge is -2.24. The molecule has 0 saturated carbocycles. The molecule has 1 aliphatic rings. The predicted molar refractivity (Wildman–Crippen MR) is 95.0 cm³/mol. The van der Waals surface area contributed by atoms with E-state index >= 15 is 0 Å². The van der Waals surface area contributed by atoms with Crippen LogP contribution in [-0.2, 0) is 10.0 Å². The highest BCUT2D eigenvalue weighted by molar-refractivity contribution is 7.89. The van der Waals surface area contributed by atoms with E-state index in [1.807, 2.05) is 0 Å². The summed E-state index contributed by atoms with van der Waals surface area (Å²) in [6.07, 6.45) is 6.00. The third-order valence-corrected chi connectivity index (χ3v) is 6.11. The summed E-state index contributed by atoms with van der Waals surface area (Å²) in [5, 5.41) is 3.24. The van der Waals surface area contributed by atoms with Crippen molar-refractivity contribution in [2.24, 2.45) is 0 Å². The maximum Gasteiger partial charge on any atom is 0.243 e. The molecular weight excluding hydrogens is 340 g/mol. The minimum Gasteiger partial charge on any atom is -0.497 e. The van der Waals surface area contributed by atoms with Crippen LogP contribution in [0.2, 0.25) is 0 Å². The molecule has 2 aromatic rings. The Morgan fingerprint density at radius 1 is 1.16 bits per heavy atom. The Bertz CT molecular complexity index is 781. The Hall–Kier alpha value is -2.19. The van der Waals surface area contributed by atoms with Gasteiger partial charge >= 0.3 is 0 Å². The minimum absolute atomic E-state index is 0.0158. The molecule has 1 aromatic carbocycles. The summed E-state index contributed by atoms with van der Waals surface area (Å²) in [6, 6.07) is 8.23. The Kier molecular flexibility index (Phi) is 5.50. The summed E-state index contributed by atoms with van der Waals surface area (Å²) in [6.45, 7) is 0.912. The molecule has 2 heterocycles. The van der Waals surface area contributed by atoms with Crippen LogP contribution in [0.3, 0.4) is 0 Å². The normalized spacial score (nSPS) is 19.2. The molecule has 1 aromatic heterocycles. The molecule has 3 rings (SSSR count). The second-order valence-corrected chi connectivity index (χ2v) is 7.89. The van der Waals surface area contributed by atoms with Crippen LogP contribution in [0, 0.1) is 0 Å². The van der Waals surface area contributed by atoms with Crippen molar-refractivity contribution in [2.75, 3.05) is 25.5 Å². The zero-order valence-corrected chi connectivity index (χ0v) is 14.9. The van der Waals surface area contributed by atoms with Gasteiger partial charge in [-0.15, -0.1) is 0 Å². The maximum absolute atomic E-state index is 13.0. The van der Waals surface area contributed by atoms with E-state index in [1.165, 1.54) is 0 Å². The van der Waals surface area contributed by atoms with Gasteiger partial charge in [0.15, 0.2) is 0 Å². The molecule has 0 radical (unpaired) electrons. The molecule has 134 valence electrons. The monoisotopic (exact) mass is 362 g/mol. The number of ether oxygens (including phenoxy) is 1. The second-order valence-electron chi connectivity index (χ2n) is 5.95. The molecule has 1 aliphatic heterocycles. The number of hydrogen-bond acceptors (Lipinski definition) is 6. The second kappa shape index (κ2) is 7.79. The number of rotatable bonds is 5. The molecule has 0 amide bonds. The topological polar surface area (TPSA) is 84.4 Å². The fourth-order valence-corrected chi connectivity index (χ4v) is 4.42. The van der Waals surface area contributed by atoms with Crippen molar-refractivity contribution >= 4 is 16.0 Å². The van der Waals surface area contributed by atoms with Crippen LogP contribution in [-0.4, -0.2) is 48.9 Å². The van der Waals surface area contributed by atoms with Gasteiger partial charge in [-0.2, -0.15) is 4.31 Å². The Labute approximate surface area is 148 Å². The zero-order valence-electron chi connectivity index (χ0n) is 14.1. The number of sulfonamides is 1. The van der Waals surface area contributed by atoms with Gasteiger partial charge in [0.25, 0.3) is 0 Å². The number of hydrogen-bond donors (Lipinski definition) is 1. The molecule has 8 heteroatoms. The summed E-state index contributed by atoms with van der Waals surface area (Å²) in [5.74, 6) is 1.16. The molecule has 0 bridgehead atoms. The van der Waals surface area contributed by atoms with Crippen molar-refractivity contribution in [3.8, 4) is 5.75 Å². The van der Waals surface area contributed by atoms with E-state index in [1.54, 1.807) is 54.1 Å². The van der Waals surface area contributed by atoms with E-state index in [0.29, 0.717) is 24.8 Å². The van der Waals surface area contributed by atoms with E-state index in [4.69, 9.17) is 4.74 Å². The van der Waals surface area contributed by atoms with E-state index in [0.717, 1.165) is 19.3 Å². The smallest absolute Gasteiger partial charge is 0.243 e. The highest BCUT2D eigenvalue weighted by Crippen LogP contribution is 2.23. The predicted octanol–water partition coefficient (Wildman–Crippen LogP) is 2.14. The molecule has 1 N–H and O–H groups in total. The first-order valence-electron chi connectivity index (χ1n) is 8.27. The molecule has 25 heavy (non-hydrogen) atoms. The van der Waals surface area contributed by atoms with Crippen LogP contribution in [0.25, 0.3) is 0 Å².